The quantitative estimate of drug-likeness (QED) is 0.614. The van der Waals surface area contributed by atoms with Crippen LogP contribution in [0.25, 0.3) is 0 Å². The molecular formula is C22H29ClN2O4S. The van der Waals surface area contributed by atoms with Gasteiger partial charge >= 0.3 is 0 Å². The van der Waals surface area contributed by atoms with E-state index in [9.17, 15) is 13.2 Å². The molecule has 1 N–H and O–H groups in total. The van der Waals surface area contributed by atoms with Gasteiger partial charge in [0.05, 0.1) is 18.5 Å². The minimum absolute atomic E-state index is 0.0666. The second-order valence-electron chi connectivity index (χ2n) is 8.13. The molecule has 2 aromatic rings. The SMILES string of the molecule is C[C@H](C(=O)NCCOc1ccc(C(C)(C)C)cc1)N(c1cccc(Cl)c1)S(C)(=O)=O. The minimum atomic E-state index is -3.69. The Bertz CT molecular complexity index is 969. The number of hydrogen-bond acceptors (Lipinski definition) is 4. The van der Waals surface area contributed by atoms with Crippen molar-refractivity contribution in [1.82, 2.24) is 5.32 Å². The van der Waals surface area contributed by atoms with Crippen molar-refractivity contribution in [3.63, 3.8) is 0 Å². The number of amides is 1. The van der Waals surface area contributed by atoms with Crippen molar-refractivity contribution in [3.05, 3.63) is 59.1 Å². The van der Waals surface area contributed by atoms with Gasteiger partial charge in [0.2, 0.25) is 15.9 Å². The number of benzene rings is 2. The summed E-state index contributed by atoms with van der Waals surface area (Å²) in [7, 11) is -3.69. The standard InChI is InChI=1S/C22H29ClN2O4S/c1-16(25(30(5,27)28)19-8-6-7-18(23)15-19)21(26)24-13-14-29-20-11-9-17(10-12-20)22(2,3)4/h6-12,15-16H,13-14H2,1-5H3,(H,24,26)/t16-/m1/s1. The van der Waals surface area contributed by atoms with Gasteiger partial charge in [-0.2, -0.15) is 0 Å². The van der Waals surface area contributed by atoms with Gasteiger partial charge in [-0.3, -0.25) is 9.10 Å². The molecule has 0 aliphatic carbocycles. The molecule has 0 saturated carbocycles. The van der Waals surface area contributed by atoms with Gasteiger partial charge < -0.3 is 10.1 Å². The Kier molecular flexibility index (Phi) is 7.77. The number of carbonyl (C=O) groups excluding carboxylic acids is 1. The number of halogens is 1. The number of ether oxygens (including phenoxy) is 1. The van der Waals surface area contributed by atoms with E-state index in [1.54, 1.807) is 18.2 Å². The molecule has 0 aliphatic heterocycles. The Morgan fingerprint density at radius 2 is 1.80 bits per heavy atom. The number of anilines is 1. The van der Waals surface area contributed by atoms with Crippen molar-refractivity contribution in [2.75, 3.05) is 23.7 Å². The maximum absolute atomic E-state index is 12.5. The van der Waals surface area contributed by atoms with Crippen LogP contribution < -0.4 is 14.4 Å². The van der Waals surface area contributed by atoms with Gasteiger partial charge in [-0.25, -0.2) is 8.42 Å². The van der Waals surface area contributed by atoms with Crippen molar-refractivity contribution in [3.8, 4) is 5.75 Å². The number of nitrogens with zero attached hydrogens (tertiary/aromatic N) is 1. The zero-order valence-electron chi connectivity index (χ0n) is 18.0. The van der Waals surface area contributed by atoms with Crippen molar-refractivity contribution >= 4 is 33.2 Å². The van der Waals surface area contributed by atoms with Crippen LogP contribution in [0, 0.1) is 0 Å². The van der Waals surface area contributed by atoms with Gasteiger partial charge in [-0.1, -0.05) is 50.6 Å². The van der Waals surface area contributed by atoms with Crippen LogP contribution >= 0.6 is 11.6 Å². The maximum atomic E-state index is 12.5. The van der Waals surface area contributed by atoms with Gasteiger partial charge in [-0.05, 0) is 48.2 Å². The van der Waals surface area contributed by atoms with E-state index in [2.05, 4.69) is 26.1 Å². The van der Waals surface area contributed by atoms with E-state index in [-0.39, 0.29) is 18.6 Å². The van der Waals surface area contributed by atoms with E-state index < -0.39 is 22.0 Å². The fourth-order valence-corrected chi connectivity index (χ4v) is 4.32. The average molecular weight is 453 g/mol. The molecule has 0 spiro atoms. The molecule has 0 radical (unpaired) electrons. The van der Waals surface area contributed by atoms with Gasteiger partial charge in [0, 0.05) is 5.02 Å². The van der Waals surface area contributed by atoms with Crippen LogP contribution in [0.4, 0.5) is 5.69 Å². The Hall–Kier alpha value is -2.25. The minimum Gasteiger partial charge on any atom is -0.492 e. The summed E-state index contributed by atoms with van der Waals surface area (Å²) < 4.78 is 31.3. The van der Waals surface area contributed by atoms with Crippen LogP contribution in [0.15, 0.2) is 48.5 Å². The first-order chi connectivity index (χ1) is 13.9. The van der Waals surface area contributed by atoms with Crippen LogP contribution in [-0.4, -0.2) is 39.8 Å². The highest BCUT2D eigenvalue weighted by atomic mass is 35.5. The third-order valence-corrected chi connectivity index (χ3v) is 6.02. The molecule has 6 nitrogen and oxygen atoms in total. The number of hydrogen-bond donors (Lipinski definition) is 1. The Labute approximate surface area is 184 Å². The molecule has 0 aliphatic rings. The van der Waals surface area contributed by atoms with Crippen molar-refractivity contribution < 1.29 is 17.9 Å². The van der Waals surface area contributed by atoms with Crippen LogP contribution in [0.2, 0.25) is 5.02 Å². The summed E-state index contributed by atoms with van der Waals surface area (Å²) in [5.41, 5.74) is 1.61. The lowest BCUT2D eigenvalue weighted by Crippen LogP contribution is -2.48. The zero-order chi connectivity index (χ0) is 22.5. The lowest BCUT2D eigenvalue weighted by atomic mass is 9.87. The number of rotatable bonds is 8. The lowest BCUT2D eigenvalue weighted by Gasteiger charge is -2.28. The predicted octanol–water partition coefficient (Wildman–Crippen LogP) is 3.99. The molecule has 0 heterocycles. The molecule has 2 aromatic carbocycles. The summed E-state index contributed by atoms with van der Waals surface area (Å²) in [6.45, 7) is 8.47. The largest absolute Gasteiger partial charge is 0.492 e. The summed E-state index contributed by atoms with van der Waals surface area (Å²) in [5.74, 6) is 0.286. The van der Waals surface area contributed by atoms with Crippen LogP contribution in [-0.2, 0) is 20.2 Å². The first kappa shape index (κ1) is 24.0. The highest BCUT2D eigenvalue weighted by Crippen LogP contribution is 2.25. The Balaban J connectivity index is 1.94. The first-order valence-electron chi connectivity index (χ1n) is 9.65. The second-order valence-corrected chi connectivity index (χ2v) is 10.4. The van der Waals surface area contributed by atoms with E-state index >= 15 is 0 Å². The molecule has 1 amide bonds. The second kappa shape index (κ2) is 9.71. The zero-order valence-corrected chi connectivity index (χ0v) is 19.5. The summed E-state index contributed by atoms with van der Waals surface area (Å²) in [5, 5.41) is 3.11. The average Bonchev–Trinajstić information content (AvgIpc) is 2.63. The molecule has 164 valence electrons. The molecule has 2 rings (SSSR count). The monoisotopic (exact) mass is 452 g/mol. The molecule has 8 heteroatoms. The van der Waals surface area contributed by atoms with Gasteiger partial charge in [0.25, 0.3) is 0 Å². The Morgan fingerprint density at radius 1 is 1.17 bits per heavy atom. The van der Waals surface area contributed by atoms with Gasteiger partial charge in [-0.15, -0.1) is 0 Å². The summed E-state index contributed by atoms with van der Waals surface area (Å²) in [6, 6.07) is 13.3. The topological polar surface area (TPSA) is 75.7 Å². The number of sulfonamides is 1. The van der Waals surface area contributed by atoms with E-state index in [0.29, 0.717) is 16.5 Å². The molecule has 0 aromatic heterocycles. The van der Waals surface area contributed by atoms with Crippen molar-refractivity contribution in [1.29, 1.82) is 0 Å². The van der Waals surface area contributed by atoms with Crippen molar-refractivity contribution in [2.45, 2.75) is 39.2 Å². The maximum Gasteiger partial charge on any atom is 0.243 e. The third-order valence-electron chi connectivity index (χ3n) is 4.54. The van der Waals surface area contributed by atoms with Crippen LogP contribution in [0.5, 0.6) is 5.75 Å². The van der Waals surface area contributed by atoms with Crippen LogP contribution in [0.1, 0.15) is 33.3 Å². The van der Waals surface area contributed by atoms with E-state index in [1.807, 2.05) is 24.3 Å². The molecule has 30 heavy (non-hydrogen) atoms. The van der Waals surface area contributed by atoms with E-state index in [0.717, 1.165) is 10.6 Å². The fourth-order valence-electron chi connectivity index (χ4n) is 2.96. The third kappa shape index (κ3) is 6.64. The van der Waals surface area contributed by atoms with Crippen LogP contribution in [0.3, 0.4) is 0 Å². The predicted molar refractivity (Wildman–Crippen MR) is 122 cm³/mol. The highest BCUT2D eigenvalue weighted by molar-refractivity contribution is 7.92. The highest BCUT2D eigenvalue weighted by Gasteiger charge is 2.29. The Morgan fingerprint density at radius 3 is 2.33 bits per heavy atom. The molecule has 0 saturated heterocycles. The molecule has 0 bridgehead atoms. The smallest absolute Gasteiger partial charge is 0.243 e. The van der Waals surface area contributed by atoms with E-state index in [1.165, 1.54) is 18.6 Å². The van der Waals surface area contributed by atoms with E-state index in [4.69, 9.17) is 16.3 Å². The molecule has 1 atom stereocenters. The summed E-state index contributed by atoms with van der Waals surface area (Å²) >= 11 is 5.98. The fraction of sp³-hybridized carbons (Fsp3) is 0.409. The summed E-state index contributed by atoms with van der Waals surface area (Å²) in [6.07, 6.45) is 1.06. The van der Waals surface area contributed by atoms with Gasteiger partial charge in [0.1, 0.15) is 18.4 Å². The molecule has 0 unspecified atom stereocenters. The van der Waals surface area contributed by atoms with Gasteiger partial charge in [0.15, 0.2) is 0 Å². The first-order valence-corrected chi connectivity index (χ1v) is 11.9. The summed E-state index contributed by atoms with van der Waals surface area (Å²) in [4.78, 5) is 12.5. The lowest BCUT2D eigenvalue weighted by molar-refractivity contribution is -0.121. The molecular weight excluding hydrogens is 424 g/mol. The normalized spacial score (nSPS) is 12.9. The molecule has 0 fully saturated rings. The number of nitrogens with one attached hydrogen (secondary N) is 1. The van der Waals surface area contributed by atoms with Crippen molar-refractivity contribution in [2.24, 2.45) is 0 Å². The number of carbonyl (C=O) groups is 1.